The predicted molar refractivity (Wildman–Crippen MR) is 128 cm³/mol. The number of aliphatic hydroxyl groups excluding tert-OH is 2. The van der Waals surface area contributed by atoms with Crippen LogP contribution in [-0.2, 0) is 27.3 Å². The lowest BCUT2D eigenvalue weighted by atomic mass is 9.57. The number of aromatic hydroxyl groups is 1. The highest BCUT2D eigenvalue weighted by Gasteiger charge is 2.64. The number of likely N-dealkylation sites (N-methyl/N-ethyl adjacent to an activating group) is 1. The van der Waals surface area contributed by atoms with Crippen LogP contribution in [0.2, 0.25) is 0 Å². The van der Waals surface area contributed by atoms with Crippen LogP contribution in [0.25, 0.3) is 5.76 Å². The molecule has 1 fully saturated rings. The fourth-order valence-electron chi connectivity index (χ4n) is 6.03. The maximum Gasteiger partial charge on any atom is 0.255 e. The van der Waals surface area contributed by atoms with E-state index in [1.54, 1.807) is 0 Å². The number of ketones is 2. The fraction of sp³-hybridized carbons (Fsp3) is 0.480. The number of Topliss-reactive ketones (excluding diaryl/α,β-unsaturated/α-hetero) is 2. The average Bonchev–Trinajstić information content (AvgIpc) is 2.81. The fourth-order valence-corrected chi connectivity index (χ4v) is 6.03. The topological polar surface area (TPSA) is 183 Å². The monoisotopic (exact) mass is 519 g/mol. The number of halogens is 1. The zero-order valence-corrected chi connectivity index (χ0v) is 20.7. The van der Waals surface area contributed by atoms with Crippen LogP contribution in [0, 0.1) is 11.8 Å². The number of primary amides is 1. The number of methoxy groups -OCH3 is 1. The van der Waals surface area contributed by atoms with Gasteiger partial charge in [0, 0.05) is 35.7 Å². The number of nitrogens with two attached hydrogens (primary N) is 1. The van der Waals surface area contributed by atoms with Crippen molar-refractivity contribution in [1.29, 1.82) is 0 Å². The summed E-state index contributed by atoms with van der Waals surface area (Å²) in [5.41, 5.74) is 2.36. The molecule has 37 heavy (non-hydrogen) atoms. The molecule has 4 atom stereocenters. The summed E-state index contributed by atoms with van der Waals surface area (Å²) in [6.07, 6.45) is 0.0717. The van der Waals surface area contributed by atoms with Crippen molar-refractivity contribution in [2.24, 2.45) is 17.6 Å². The van der Waals surface area contributed by atoms with Gasteiger partial charge in [0.15, 0.2) is 11.4 Å². The smallest absolute Gasteiger partial charge is 0.255 e. The van der Waals surface area contributed by atoms with Crippen molar-refractivity contribution >= 4 is 23.2 Å². The molecule has 4 rings (SSSR count). The van der Waals surface area contributed by atoms with E-state index in [9.17, 15) is 39.2 Å². The quantitative estimate of drug-likeness (QED) is 0.212. The van der Waals surface area contributed by atoms with Crippen molar-refractivity contribution in [1.82, 2.24) is 10.2 Å². The number of benzene rings is 1. The summed E-state index contributed by atoms with van der Waals surface area (Å²) < 4.78 is 18.1. The third-order valence-corrected chi connectivity index (χ3v) is 7.54. The summed E-state index contributed by atoms with van der Waals surface area (Å²) >= 11 is 0. The Morgan fingerprint density at radius 2 is 1.97 bits per heavy atom. The first-order chi connectivity index (χ1) is 17.4. The molecule has 200 valence electrons. The van der Waals surface area contributed by atoms with Gasteiger partial charge in [0.2, 0.25) is 5.78 Å². The summed E-state index contributed by atoms with van der Waals surface area (Å²) in [7, 11) is 4.47. The van der Waals surface area contributed by atoms with Crippen LogP contribution in [0.1, 0.15) is 23.1 Å². The van der Waals surface area contributed by atoms with Crippen LogP contribution in [0.5, 0.6) is 11.5 Å². The summed E-state index contributed by atoms with van der Waals surface area (Å²) in [6.45, 7) is -0.341. The first-order valence-corrected chi connectivity index (χ1v) is 11.7. The number of hydrogen-bond acceptors (Lipinski definition) is 10. The Bertz CT molecular complexity index is 1260. The number of nitrogens with one attached hydrogen (secondary N) is 1. The van der Waals surface area contributed by atoms with Crippen molar-refractivity contribution in [3.8, 4) is 11.5 Å². The van der Waals surface area contributed by atoms with Gasteiger partial charge < -0.3 is 36.2 Å². The number of phenolic OH excluding ortho intramolecular Hbond substituents is 1. The third-order valence-electron chi connectivity index (χ3n) is 7.54. The third kappa shape index (κ3) is 3.78. The second-order valence-electron chi connectivity index (χ2n) is 9.77. The first-order valence-electron chi connectivity index (χ1n) is 11.7. The molecule has 0 bridgehead atoms. The zero-order valence-electron chi connectivity index (χ0n) is 20.7. The molecule has 12 heteroatoms. The summed E-state index contributed by atoms with van der Waals surface area (Å²) in [4.78, 5) is 40.4. The molecule has 0 saturated heterocycles. The van der Waals surface area contributed by atoms with Crippen molar-refractivity contribution in [3.05, 3.63) is 39.7 Å². The average molecular weight is 520 g/mol. The van der Waals surface area contributed by atoms with Gasteiger partial charge in [-0.1, -0.05) is 0 Å². The maximum atomic E-state index is 13.8. The van der Waals surface area contributed by atoms with E-state index in [4.69, 9.17) is 10.5 Å². The van der Waals surface area contributed by atoms with Crippen LogP contribution in [-0.4, -0.2) is 88.9 Å². The molecular weight excluding hydrogens is 489 g/mol. The minimum absolute atomic E-state index is 0.0278. The number of amides is 1. The first kappa shape index (κ1) is 26.6. The molecule has 1 saturated carbocycles. The Labute approximate surface area is 212 Å². The zero-order chi connectivity index (χ0) is 27.4. The Morgan fingerprint density at radius 3 is 2.54 bits per heavy atom. The number of phenols is 1. The van der Waals surface area contributed by atoms with E-state index in [1.165, 1.54) is 32.2 Å². The van der Waals surface area contributed by atoms with Gasteiger partial charge in [-0.15, -0.1) is 0 Å². The molecule has 0 aliphatic heterocycles. The number of alkyl halides is 1. The van der Waals surface area contributed by atoms with Crippen molar-refractivity contribution in [2.45, 2.75) is 31.0 Å². The lowest BCUT2D eigenvalue weighted by molar-refractivity contribution is -0.153. The maximum absolute atomic E-state index is 13.8. The van der Waals surface area contributed by atoms with Crippen molar-refractivity contribution in [2.75, 3.05) is 34.4 Å². The molecule has 11 nitrogen and oxygen atoms in total. The van der Waals surface area contributed by atoms with E-state index in [0.717, 1.165) is 0 Å². The van der Waals surface area contributed by atoms with Gasteiger partial charge in [-0.25, -0.2) is 4.39 Å². The van der Waals surface area contributed by atoms with Gasteiger partial charge in [-0.05, 0) is 38.9 Å². The Hall–Kier alpha value is -3.48. The van der Waals surface area contributed by atoms with Crippen LogP contribution < -0.4 is 15.8 Å². The van der Waals surface area contributed by atoms with Crippen LogP contribution in [0.15, 0.2) is 23.0 Å². The van der Waals surface area contributed by atoms with E-state index >= 15 is 0 Å². The highest BCUT2D eigenvalue weighted by molar-refractivity contribution is 6.24. The molecular formula is C25H30FN3O8. The molecule has 1 aromatic carbocycles. The number of nitrogens with zero attached hydrogens (tertiary/aromatic N) is 1. The number of aliphatic hydroxyl groups is 3. The van der Waals surface area contributed by atoms with Gasteiger partial charge in [0.05, 0.1) is 18.7 Å². The number of hydrogen-bond donors (Lipinski definition) is 6. The van der Waals surface area contributed by atoms with E-state index in [2.05, 4.69) is 5.32 Å². The minimum atomic E-state index is -2.69. The molecule has 7 N–H and O–H groups in total. The van der Waals surface area contributed by atoms with E-state index in [-0.39, 0.29) is 42.8 Å². The Morgan fingerprint density at radius 1 is 1.30 bits per heavy atom. The Kier molecular flexibility index (Phi) is 6.78. The molecule has 0 radical (unpaired) electrons. The number of carbonyl (C=O) groups is 3. The lowest BCUT2D eigenvalue weighted by Gasteiger charge is -2.50. The largest absolute Gasteiger partial charge is 0.508 e. The van der Waals surface area contributed by atoms with E-state index in [0.29, 0.717) is 16.9 Å². The van der Waals surface area contributed by atoms with Crippen LogP contribution in [0.3, 0.4) is 0 Å². The number of fused-ring (bicyclic) bond motifs is 3. The highest BCUT2D eigenvalue weighted by Crippen LogP contribution is 2.54. The van der Waals surface area contributed by atoms with Gasteiger partial charge in [-0.3, -0.25) is 19.3 Å². The molecule has 0 heterocycles. The highest BCUT2D eigenvalue weighted by atomic mass is 19.1. The molecule has 1 aromatic rings. The summed E-state index contributed by atoms with van der Waals surface area (Å²) in [5.74, 6) is -6.84. The minimum Gasteiger partial charge on any atom is -0.508 e. The summed E-state index contributed by atoms with van der Waals surface area (Å²) in [6, 6.07) is 0.165. The van der Waals surface area contributed by atoms with E-state index in [1.807, 2.05) is 0 Å². The van der Waals surface area contributed by atoms with Crippen molar-refractivity contribution in [3.63, 3.8) is 0 Å². The standard InChI is InChI=1S/C25H30FN3O8/c1-29(2)18-13-7-10-6-12-16(14(30)8-11(21(12)37-3)9-28-5-4-26)19(31)15(10)22(33)25(13,36)23(34)17(20(18)32)24(27)35/h8,10,13,18,28,30-31,34,36H,4-7,9H2,1-3H3,(H2,27,35)/t10-,13-,18-,25-/m0/s1. The lowest BCUT2D eigenvalue weighted by Crippen LogP contribution is -2.65. The number of carbonyl (C=O) groups excluding carboxylic acids is 3. The SMILES string of the molecule is COc1c(CNCCF)cc(O)c2c1C[C@H]1C[C@H]3[C@H](N(C)C)C(=O)C(C(N)=O)=C(O)[C@@]3(O)C(=O)C1=C2O. The molecule has 0 unspecified atom stereocenters. The van der Waals surface area contributed by atoms with Gasteiger partial charge in [0.25, 0.3) is 5.91 Å². The molecule has 0 spiro atoms. The number of rotatable bonds is 7. The van der Waals surface area contributed by atoms with E-state index < -0.39 is 64.7 Å². The van der Waals surface area contributed by atoms with Gasteiger partial charge in [-0.2, -0.15) is 0 Å². The molecule has 3 aliphatic rings. The van der Waals surface area contributed by atoms with Gasteiger partial charge in [0.1, 0.15) is 35.3 Å². The molecule has 3 aliphatic carbocycles. The van der Waals surface area contributed by atoms with Crippen LogP contribution >= 0.6 is 0 Å². The second kappa shape index (κ2) is 9.43. The van der Waals surface area contributed by atoms with Gasteiger partial charge >= 0.3 is 0 Å². The molecule has 0 aromatic heterocycles. The van der Waals surface area contributed by atoms with Crippen molar-refractivity contribution < 1.29 is 43.9 Å². The van der Waals surface area contributed by atoms with Crippen LogP contribution in [0.4, 0.5) is 4.39 Å². The summed E-state index contributed by atoms with van der Waals surface area (Å²) in [5, 5.41) is 47.3. The molecule has 1 amide bonds. The second-order valence-corrected chi connectivity index (χ2v) is 9.77. The predicted octanol–water partition coefficient (Wildman–Crippen LogP) is 0.0317. The number of ether oxygens (including phenoxy) is 1. The Balaban J connectivity index is 1.92. The normalized spacial score (nSPS) is 27.2.